The number of carbonyl (C=O) groups excluding carboxylic acids is 2. The Labute approximate surface area is 174 Å². The molecule has 0 atom stereocenters. The lowest BCUT2D eigenvalue weighted by molar-refractivity contribution is -0.149. The van der Waals surface area contributed by atoms with E-state index in [1.54, 1.807) is 6.07 Å². The molecule has 4 rings (SSSR count). The molecular weight excluding hydrogens is 382 g/mol. The number of nitrogens with one attached hydrogen (secondary N) is 1. The van der Waals surface area contributed by atoms with Gasteiger partial charge in [-0.2, -0.15) is 0 Å². The van der Waals surface area contributed by atoms with E-state index in [1.807, 2.05) is 68.4 Å². The summed E-state index contributed by atoms with van der Waals surface area (Å²) in [6.07, 6.45) is 0.777. The Morgan fingerprint density at radius 1 is 1.00 bits per heavy atom. The second-order valence-electron chi connectivity index (χ2n) is 7.84. The van der Waals surface area contributed by atoms with Crippen LogP contribution in [0, 0.1) is 0 Å². The van der Waals surface area contributed by atoms with Gasteiger partial charge in [-0.05, 0) is 42.8 Å². The first-order valence-corrected chi connectivity index (χ1v) is 9.78. The van der Waals surface area contributed by atoms with E-state index in [0.717, 1.165) is 22.8 Å². The quantitative estimate of drug-likeness (QED) is 0.625. The van der Waals surface area contributed by atoms with Gasteiger partial charge in [0.2, 0.25) is 0 Å². The molecule has 0 aliphatic carbocycles. The third-order valence-electron chi connectivity index (χ3n) is 4.80. The monoisotopic (exact) mass is 405 g/mol. The summed E-state index contributed by atoms with van der Waals surface area (Å²) in [4.78, 5) is 24.1. The van der Waals surface area contributed by atoms with Crippen LogP contribution in [-0.2, 0) is 20.7 Å². The molecule has 30 heavy (non-hydrogen) atoms. The minimum Gasteiger partial charge on any atom is -0.483 e. The second kappa shape index (κ2) is 8.06. The molecule has 3 aromatic rings. The van der Waals surface area contributed by atoms with Crippen LogP contribution in [0.1, 0.15) is 19.4 Å². The van der Waals surface area contributed by atoms with Gasteiger partial charge in [0.25, 0.3) is 5.91 Å². The molecule has 1 aliphatic rings. The number of fused-ring (bicyclic) bond motifs is 2. The minimum absolute atomic E-state index is 0.302. The molecule has 154 valence electrons. The number of para-hydroxylation sites is 1. The van der Waals surface area contributed by atoms with E-state index in [1.165, 1.54) is 0 Å². The van der Waals surface area contributed by atoms with E-state index in [0.29, 0.717) is 17.2 Å². The third-order valence-corrected chi connectivity index (χ3v) is 4.80. The normalized spacial score (nSPS) is 13.9. The Morgan fingerprint density at radius 3 is 2.63 bits per heavy atom. The molecule has 1 amide bonds. The van der Waals surface area contributed by atoms with Crippen molar-refractivity contribution in [3.8, 4) is 11.5 Å². The van der Waals surface area contributed by atoms with Crippen molar-refractivity contribution < 1.29 is 23.8 Å². The van der Waals surface area contributed by atoms with E-state index in [-0.39, 0.29) is 18.8 Å². The van der Waals surface area contributed by atoms with Crippen molar-refractivity contribution in [2.75, 3.05) is 18.5 Å². The van der Waals surface area contributed by atoms with Gasteiger partial charge in [-0.15, -0.1) is 0 Å². The molecule has 3 aromatic carbocycles. The van der Waals surface area contributed by atoms with Crippen LogP contribution in [0.15, 0.2) is 60.7 Å². The van der Waals surface area contributed by atoms with Gasteiger partial charge >= 0.3 is 5.97 Å². The van der Waals surface area contributed by atoms with E-state index in [4.69, 9.17) is 14.2 Å². The van der Waals surface area contributed by atoms with E-state index in [9.17, 15) is 9.59 Å². The van der Waals surface area contributed by atoms with Gasteiger partial charge in [-0.25, -0.2) is 4.79 Å². The van der Waals surface area contributed by atoms with Gasteiger partial charge < -0.3 is 19.5 Å². The lowest BCUT2D eigenvalue weighted by Crippen LogP contribution is -2.25. The fraction of sp³-hybridized carbons (Fsp3) is 0.250. The molecule has 0 fully saturated rings. The molecule has 6 heteroatoms. The highest BCUT2D eigenvalue weighted by atomic mass is 16.6. The molecule has 0 spiro atoms. The van der Waals surface area contributed by atoms with Crippen molar-refractivity contribution in [1.29, 1.82) is 0 Å². The predicted molar refractivity (Wildman–Crippen MR) is 114 cm³/mol. The summed E-state index contributed by atoms with van der Waals surface area (Å²) >= 11 is 0. The molecule has 1 aliphatic heterocycles. The molecular formula is C24H23NO5. The maximum atomic E-state index is 12.1. The minimum atomic E-state index is -0.626. The average Bonchev–Trinajstić information content (AvgIpc) is 3.05. The fourth-order valence-electron chi connectivity index (χ4n) is 3.49. The molecule has 1 heterocycles. The van der Waals surface area contributed by atoms with Crippen molar-refractivity contribution in [3.63, 3.8) is 0 Å². The van der Waals surface area contributed by atoms with Crippen LogP contribution >= 0.6 is 0 Å². The number of rotatable bonds is 6. The summed E-state index contributed by atoms with van der Waals surface area (Å²) in [5.41, 5.74) is 1.38. The highest BCUT2D eigenvalue weighted by Gasteiger charge is 2.32. The lowest BCUT2D eigenvalue weighted by Gasteiger charge is -2.18. The molecule has 6 nitrogen and oxygen atoms in total. The number of ether oxygens (including phenoxy) is 3. The zero-order valence-corrected chi connectivity index (χ0v) is 16.9. The van der Waals surface area contributed by atoms with Gasteiger partial charge in [-0.3, -0.25) is 4.79 Å². The molecule has 1 N–H and O–H groups in total. The maximum absolute atomic E-state index is 12.1. The first-order valence-electron chi connectivity index (χ1n) is 9.78. The Hall–Kier alpha value is -3.54. The summed E-state index contributed by atoms with van der Waals surface area (Å²) in [6.45, 7) is 3.31. The SMILES string of the molecule is CC1(C)Cc2cccc(OCC(=O)OCC(=O)Nc3ccc4ccccc4c3)c2O1. The number of anilines is 1. The molecule has 0 saturated heterocycles. The summed E-state index contributed by atoms with van der Waals surface area (Å²) in [6, 6.07) is 19.0. The summed E-state index contributed by atoms with van der Waals surface area (Å²) in [5.74, 6) is 0.114. The number of amides is 1. The van der Waals surface area contributed by atoms with Crippen LogP contribution in [0.3, 0.4) is 0 Å². The van der Waals surface area contributed by atoms with Crippen LogP contribution in [0.5, 0.6) is 11.5 Å². The number of esters is 1. The largest absolute Gasteiger partial charge is 0.483 e. The van der Waals surface area contributed by atoms with Crippen molar-refractivity contribution in [3.05, 3.63) is 66.2 Å². The van der Waals surface area contributed by atoms with Crippen molar-refractivity contribution >= 4 is 28.3 Å². The first kappa shape index (κ1) is 19.8. The molecule has 0 aromatic heterocycles. The summed E-state index contributed by atoms with van der Waals surface area (Å²) in [5, 5.41) is 4.83. The van der Waals surface area contributed by atoms with E-state index < -0.39 is 11.9 Å². The predicted octanol–water partition coefficient (Wildman–Crippen LogP) is 4.11. The number of hydrogen-bond acceptors (Lipinski definition) is 5. The summed E-state index contributed by atoms with van der Waals surface area (Å²) in [7, 11) is 0. The van der Waals surface area contributed by atoms with Gasteiger partial charge in [0.15, 0.2) is 24.7 Å². The highest BCUT2D eigenvalue weighted by Crippen LogP contribution is 2.41. The Kier molecular flexibility index (Phi) is 5.31. The summed E-state index contributed by atoms with van der Waals surface area (Å²) < 4.78 is 16.5. The zero-order valence-electron chi connectivity index (χ0n) is 16.9. The Morgan fingerprint density at radius 2 is 1.80 bits per heavy atom. The molecule has 0 bridgehead atoms. The smallest absolute Gasteiger partial charge is 0.344 e. The van der Waals surface area contributed by atoms with Crippen LogP contribution in [-0.4, -0.2) is 30.7 Å². The first-order chi connectivity index (χ1) is 14.4. The second-order valence-corrected chi connectivity index (χ2v) is 7.84. The third kappa shape index (κ3) is 4.54. The Bertz CT molecular complexity index is 1110. The van der Waals surface area contributed by atoms with Crippen molar-refractivity contribution in [1.82, 2.24) is 0 Å². The van der Waals surface area contributed by atoms with E-state index >= 15 is 0 Å². The van der Waals surface area contributed by atoms with Crippen LogP contribution in [0.2, 0.25) is 0 Å². The highest BCUT2D eigenvalue weighted by molar-refractivity contribution is 5.95. The average molecular weight is 405 g/mol. The van der Waals surface area contributed by atoms with Crippen molar-refractivity contribution in [2.24, 2.45) is 0 Å². The van der Waals surface area contributed by atoms with Crippen LogP contribution < -0.4 is 14.8 Å². The standard InChI is InChI=1S/C24H23NO5/c1-24(2)13-18-8-5-9-20(23(18)30-24)28-15-22(27)29-14-21(26)25-19-11-10-16-6-3-4-7-17(16)12-19/h3-12H,13-15H2,1-2H3,(H,25,26). The van der Waals surface area contributed by atoms with Gasteiger partial charge in [0.1, 0.15) is 5.60 Å². The van der Waals surface area contributed by atoms with Crippen LogP contribution in [0.4, 0.5) is 5.69 Å². The molecule has 0 unspecified atom stereocenters. The number of carbonyl (C=O) groups is 2. The fourth-order valence-corrected chi connectivity index (χ4v) is 3.49. The van der Waals surface area contributed by atoms with Gasteiger partial charge in [0, 0.05) is 17.7 Å². The molecule has 0 radical (unpaired) electrons. The van der Waals surface area contributed by atoms with Gasteiger partial charge in [-0.1, -0.05) is 42.5 Å². The number of benzene rings is 3. The zero-order chi connectivity index (χ0) is 21.1. The lowest BCUT2D eigenvalue weighted by atomic mass is 10.0. The topological polar surface area (TPSA) is 73.9 Å². The maximum Gasteiger partial charge on any atom is 0.344 e. The van der Waals surface area contributed by atoms with E-state index in [2.05, 4.69) is 5.32 Å². The molecule has 0 saturated carbocycles. The van der Waals surface area contributed by atoms with Crippen LogP contribution in [0.25, 0.3) is 10.8 Å². The van der Waals surface area contributed by atoms with Gasteiger partial charge in [0.05, 0.1) is 0 Å². The Balaban J connectivity index is 1.27. The van der Waals surface area contributed by atoms with Crippen molar-refractivity contribution in [2.45, 2.75) is 25.9 Å². The number of hydrogen-bond donors (Lipinski definition) is 1.